The van der Waals surface area contributed by atoms with Crippen LogP contribution in [-0.4, -0.2) is 40.2 Å². The van der Waals surface area contributed by atoms with E-state index in [9.17, 15) is 25.0 Å². The second-order valence-electron chi connectivity index (χ2n) is 7.99. The molecule has 1 heterocycles. The van der Waals surface area contributed by atoms with Crippen molar-refractivity contribution < 1.29 is 14.6 Å². The van der Waals surface area contributed by atoms with Gasteiger partial charge in [0.05, 0.1) is 9.85 Å². The maximum atomic E-state index is 13.2. The number of likely N-dealkylation sites (tertiary alicyclic amines) is 1. The van der Waals surface area contributed by atoms with Gasteiger partial charge in [0.15, 0.2) is 5.78 Å². The first kappa shape index (κ1) is 20.6. The number of ketones is 1. The van der Waals surface area contributed by atoms with Gasteiger partial charge in [-0.25, -0.2) is 0 Å². The fourth-order valence-corrected chi connectivity index (χ4v) is 3.76. The van der Waals surface area contributed by atoms with E-state index < -0.39 is 9.85 Å². The van der Waals surface area contributed by atoms with Crippen molar-refractivity contribution in [3.63, 3.8) is 0 Å². The number of non-ortho nitro benzene ring substituents is 2. The molecular formula is C23H21N3O5. The van der Waals surface area contributed by atoms with Crippen molar-refractivity contribution >= 4 is 29.3 Å². The van der Waals surface area contributed by atoms with E-state index in [1.165, 1.54) is 37.1 Å². The molecule has 8 heteroatoms. The average Bonchev–Trinajstić information content (AvgIpc) is 3.56. The summed E-state index contributed by atoms with van der Waals surface area (Å²) in [5, 5.41) is 22.1. The van der Waals surface area contributed by atoms with Crippen LogP contribution < -0.4 is 0 Å². The van der Waals surface area contributed by atoms with Gasteiger partial charge in [-0.05, 0) is 42.0 Å². The molecule has 1 saturated carbocycles. The zero-order valence-corrected chi connectivity index (χ0v) is 16.8. The molecule has 1 saturated heterocycles. The lowest BCUT2D eigenvalue weighted by atomic mass is 9.94. The van der Waals surface area contributed by atoms with Gasteiger partial charge in [-0.3, -0.25) is 29.9 Å². The van der Waals surface area contributed by atoms with Crippen LogP contribution in [0.1, 0.15) is 24.0 Å². The summed E-state index contributed by atoms with van der Waals surface area (Å²) in [5.41, 5.74) is 2.26. The molecule has 0 amide bonds. The molecule has 2 aromatic rings. The topological polar surface area (TPSA) is 107 Å². The van der Waals surface area contributed by atoms with E-state index in [2.05, 4.69) is 4.90 Å². The molecule has 0 bridgehead atoms. The summed E-state index contributed by atoms with van der Waals surface area (Å²) in [6, 6.07) is 12.4. The Balaban J connectivity index is 1.68. The predicted octanol–water partition coefficient (Wildman–Crippen LogP) is 4.26. The second kappa shape index (κ2) is 8.61. The Hall–Kier alpha value is -3.65. The van der Waals surface area contributed by atoms with Gasteiger partial charge in [0.2, 0.25) is 0 Å². The van der Waals surface area contributed by atoms with Crippen LogP contribution in [0.4, 0.5) is 11.4 Å². The normalized spacial score (nSPS) is 19.7. The fourth-order valence-electron chi connectivity index (χ4n) is 3.76. The Morgan fingerprint density at radius 2 is 1.35 bits per heavy atom. The lowest BCUT2D eigenvalue weighted by Crippen LogP contribution is -2.38. The molecule has 31 heavy (non-hydrogen) atoms. The molecule has 0 atom stereocenters. The van der Waals surface area contributed by atoms with Crippen molar-refractivity contribution in [1.82, 2.24) is 4.90 Å². The van der Waals surface area contributed by atoms with Gasteiger partial charge in [0.1, 0.15) is 0 Å². The van der Waals surface area contributed by atoms with Crippen LogP contribution in [0.3, 0.4) is 0 Å². The number of benzene rings is 2. The Labute approximate surface area is 178 Å². The molecule has 8 nitrogen and oxygen atoms in total. The SMILES string of the molecule is O=C1/C(=C\c2cccc([N+](=O)[O-])c2)CN(CC2CC2)C/C1=C\c1cccc([N+](=O)[O-])c1. The van der Waals surface area contributed by atoms with Crippen LogP contribution in [0.5, 0.6) is 0 Å². The molecule has 1 aliphatic carbocycles. The minimum absolute atomic E-state index is 0.0280. The van der Waals surface area contributed by atoms with Crippen LogP contribution in [0.2, 0.25) is 0 Å². The highest BCUT2D eigenvalue weighted by Gasteiger charge is 2.31. The van der Waals surface area contributed by atoms with Gasteiger partial charge < -0.3 is 0 Å². The van der Waals surface area contributed by atoms with Crippen LogP contribution in [0.15, 0.2) is 59.7 Å². The van der Waals surface area contributed by atoms with E-state index in [4.69, 9.17) is 0 Å². The monoisotopic (exact) mass is 419 g/mol. The number of hydrogen-bond acceptors (Lipinski definition) is 6. The third kappa shape index (κ3) is 5.10. The Morgan fingerprint density at radius 1 is 0.871 bits per heavy atom. The third-order valence-electron chi connectivity index (χ3n) is 5.43. The molecule has 158 valence electrons. The summed E-state index contributed by atoms with van der Waals surface area (Å²) in [7, 11) is 0. The maximum absolute atomic E-state index is 13.2. The Kier molecular flexibility index (Phi) is 5.73. The second-order valence-corrected chi connectivity index (χ2v) is 7.99. The first-order chi connectivity index (χ1) is 14.9. The highest BCUT2D eigenvalue weighted by Crippen LogP contribution is 2.32. The van der Waals surface area contributed by atoms with Crippen molar-refractivity contribution in [3.8, 4) is 0 Å². The van der Waals surface area contributed by atoms with Crippen LogP contribution in [0, 0.1) is 26.1 Å². The molecule has 1 aliphatic heterocycles. The summed E-state index contributed by atoms with van der Waals surface area (Å²) in [6.45, 7) is 1.83. The molecule has 0 unspecified atom stereocenters. The summed E-state index contributed by atoms with van der Waals surface area (Å²) >= 11 is 0. The van der Waals surface area contributed by atoms with E-state index in [0.717, 1.165) is 6.54 Å². The number of rotatable bonds is 6. The summed E-state index contributed by atoms with van der Waals surface area (Å²) in [6.07, 6.45) is 5.77. The van der Waals surface area contributed by atoms with Crippen LogP contribution in [0.25, 0.3) is 12.2 Å². The molecule has 0 radical (unpaired) electrons. The molecule has 0 aromatic heterocycles. The van der Waals surface area contributed by atoms with Crippen molar-refractivity contribution in [2.75, 3.05) is 19.6 Å². The van der Waals surface area contributed by atoms with Gasteiger partial charge in [-0.15, -0.1) is 0 Å². The van der Waals surface area contributed by atoms with Crippen molar-refractivity contribution in [1.29, 1.82) is 0 Å². The first-order valence-electron chi connectivity index (χ1n) is 10.1. The minimum Gasteiger partial charge on any atom is -0.294 e. The predicted molar refractivity (Wildman–Crippen MR) is 116 cm³/mol. The molecule has 2 aliphatic rings. The van der Waals surface area contributed by atoms with Gasteiger partial charge >= 0.3 is 0 Å². The molecular weight excluding hydrogens is 398 g/mol. The average molecular weight is 419 g/mol. The number of nitrogens with zero attached hydrogens (tertiary/aromatic N) is 3. The highest BCUT2D eigenvalue weighted by atomic mass is 16.6. The minimum atomic E-state index is -0.461. The third-order valence-corrected chi connectivity index (χ3v) is 5.43. The van der Waals surface area contributed by atoms with Crippen LogP contribution in [-0.2, 0) is 4.79 Å². The number of Topliss-reactive ketones (excluding diaryl/α,β-unsaturated/α-hetero) is 1. The van der Waals surface area contributed by atoms with E-state index in [1.54, 1.807) is 36.4 Å². The Bertz CT molecular complexity index is 1040. The molecule has 2 fully saturated rings. The Morgan fingerprint density at radius 3 is 1.77 bits per heavy atom. The number of nitro groups is 2. The zero-order chi connectivity index (χ0) is 22.0. The molecule has 0 spiro atoms. The van der Waals surface area contributed by atoms with Crippen molar-refractivity contribution in [3.05, 3.63) is 91.0 Å². The standard InChI is InChI=1S/C23H21N3O5/c27-23-19(9-17-3-1-5-21(11-17)25(28)29)14-24(13-16-7-8-16)15-20(23)10-18-4-2-6-22(12-18)26(30)31/h1-6,9-12,16H,7-8,13-15H2/b19-9-,20-10+. The summed E-state index contributed by atoms with van der Waals surface area (Å²) in [4.78, 5) is 36.6. The van der Waals surface area contributed by atoms with E-state index in [1.807, 2.05) is 0 Å². The van der Waals surface area contributed by atoms with Gasteiger partial charge in [-0.1, -0.05) is 24.3 Å². The van der Waals surface area contributed by atoms with E-state index in [-0.39, 0.29) is 17.2 Å². The number of hydrogen-bond donors (Lipinski definition) is 0. The van der Waals surface area contributed by atoms with Crippen molar-refractivity contribution in [2.45, 2.75) is 12.8 Å². The smallest absolute Gasteiger partial charge is 0.270 e. The lowest BCUT2D eigenvalue weighted by molar-refractivity contribution is -0.385. The van der Waals surface area contributed by atoms with Gasteiger partial charge in [-0.2, -0.15) is 0 Å². The quantitative estimate of drug-likeness (QED) is 0.393. The number of nitro benzene ring substituents is 2. The fraction of sp³-hybridized carbons (Fsp3) is 0.261. The number of piperidine rings is 1. The van der Waals surface area contributed by atoms with Crippen molar-refractivity contribution in [2.24, 2.45) is 5.92 Å². The van der Waals surface area contributed by atoms with Gasteiger partial charge in [0.25, 0.3) is 11.4 Å². The van der Waals surface area contributed by atoms with E-state index >= 15 is 0 Å². The zero-order valence-electron chi connectivity index (χ0n) is 16.8. The van der Waals surface area contributed by atoms with E-state index in [0.29, 0.717) is 41.3 Å². The van der Waals surface area contributed by atoms with Gasteiger partial charge in [0, 0.05) is 55.0 Å². The number of carbonyl (C=O) groups is 1. The summed E-state index contributed by atoms with van der Waals surface area (Å²) < 4.78 is 0. The molecule has 2 aromatic carbocycles. The molecule has 0 N–H and O–H groups in total. The summed E-state index contributed by atoms with van der Waals surface area (Å²) in [5.74, 6) is 0.497. The first-order valence-corrected chi connectivity index (χ1v) is 10.1. The highest BCUT2D eigenvalue weighted by molar-refractivity contribution is 6.14. The maximum Gasteiger partial charge on any atom is 0.270 e. The molecule has 4 rings (SSSR count). The largest absolute Gasteiger partial charge is 0.294 e. The van der Waals surface area contributed by atoms with Crippen LogP contribution >= 0.6 is 0 Å². The lowest BCUT2D eigenvalue weighted by Gasteiger charge is -2.29. The number of carbonyl (C=O) groups excluding carboxylic acids is 1.